The first-order valence-electron chi connectivity index (χ1n) is 6.87. The second kappa shape index (κ2) is 5.47. The third-order valence-corrected chi connectivity index (χ3v) is 4.08. The molecule has 0 aliphatic heterocycles. The van der Waals surface area contributed by atoms with Gasteiger partial charge in [-0.2, -0.15) is 5.10 Å². The summed E-state index contributed by atoms with van der Waals surface area (Å²) in [6, 6.07) is 10.2. The summed E-state index contributed by atoms with van der Waals surface area (Å²) in [5.74, 6) is 0. The number of fused-ring (bicyclic) bond motifs is 1. The Labute approximate surface area is 128 Å². The lowest BCUT2D eigenvalue weighted by molar-refractivity contribution is 0.786. The predicted octanol–water partition coefficient (Wildman–Crippen LogP) is 3.41. The lowest BCUT2D eigenvalue weighted by atomic mass is 10.1. The molecule has 2 aromatic heterocycles. The van der Waals surface area contributed by atoms with Crippen LogP contribution < -0.4 is 5.32 Å². The van der Waals surface area contributed by atoms with Crippen molar-refractivity contribution in [2.45, 2.75) is 20.4 Å². The Bertz CT molecular complexity index is 807. The van der Waals surface area contributed by atoms with Crippen molar-refractivity contribution in [2.24, 2.45) is 0 Å². The van der Waals surface area contributed by atoms with Crippen LogP contribution in [-0.2, 0) is 6.54 Å². The number of rotatable bonds is 3. The molecule has 0 saturated heterocycles. The van der Waals surface area contributed by atoms with Crippen molar-refractivity contribution < 1.29 is 0 Å². The summed E-state index contributed by atoms with van der Waals surface area (Å²) in [4.78, 5) is 4.67. The first-order chi connectivity index (χ1) is 10.1. The molecule has 0 radical (unpaired) electrons. The number of pyridine rings is 1. The van der Waals surface area contributed by atoms with Crippen LogP contribution in [0, 0.1) is 13.8 Å². The number of hydrogen-bond donors (Lipinski definition) is 1. The van der Waals surface area contributed by atoms with Gasteiger partial charge in [-0.15, -0.1) is 0 Å². The SMILES string of the molecule is CNCc1cc(-n2nc(C)c(Cl)c2C)c2ccccc2n1. The number of nitrogens with one attached hydrogen (secondary N) is 1. The Kier molecular flexibility index (Phi) is 3.66. The average Bonchev–Trinajstić information content (AvgIpc) is 2.74. The zero-order valence-electron chi connectivity index (χ0n) is 12.3. The van der Waals surface area contributed by atoms with E-state index >= 15 is 0 Å². The standard InChI is InChI=1S/C16H17ClN4/c1-10-16(17)11(2)21(20-10)15-8-12(9-18-3)19-14-7-5-4-6-13(14)15/h4-8,18H,9H2,1-3H3. The molecule has 3 rings (SSSR count). The van der Waals surface area contributed by atoms with Gasteiger partial charge in [0.15, 0.2) is 0 Å². The van der Waals surface area contributed by atoms with Crippen molar-refractivity contribution >= 4 is 22.5 Å². The maximum atomic E-state index is 6.29. The van der Waals surface area contributed by atoms with Crippen LogP contribution in [0.4, 0.5) is 0 Å². The van der Waals surface area contributed by atoms with Crippen molar-refractivity contribution in [1.82, 2.24) is 20.1 Å². The van der Waals surface area contributed by atoms with Crippen molar-refractivity contribution in [3.05, 3.63) is 52.4 Å². The summed E-state index contributed by atoms with van der Waals surface area (Å²) in [6.07, 6.45) is 0. The molecule has 3 aromatic rings. The molecular formula is C16H17ClN4. The van der Waals surface area contributed by atoms with Crippen LogP contribution in [0.1, 0.15) is 17.1 Å². The quantitative estimate of drug-likeness (QED) is 0.806. The van der Waals surface area contributed by atoms with E-state index in [0.29, 0.717) is 11.6 Å². The van der Waals surface area contributed by atoms with Crippen molar-refractivity contribution in [1.29, 1.82) is 0 Å². The van der Waals surface area contributed by atoms with E-state index in [1.165, 1.54) is 0 Å². The molecule has 0 amide bonds. The first kappa shape index (κ1) is 14.0. The smallest absolute Gasteiger partial charge is 0.0848 e. The summed E-state index contributed by atoms with van der Waals surface area (Å²) in [7, 11) is 1.91. The second-order valence-electron chi connectivity index (χ2n) is 5.08. The highest BCUT2D eigenvalue weighted by atomic mass is 35.5. The fraction of sp³-hybridized carbons (Fsp3) is 0.250. The van der Waals surface area contributed by atoms with Gasteiger partial charge in [0.2, 0.25) is 0 Å². The molecule has 1 aromatic carbocycles. The molecular weight excluding hydrogens is 284 g/mol. The van der Waals surface area contributed by atoms with Crippen LogP contribution in [0.3, 0.4) is 0 Å². The van der Waals surface area contributed by atoms with E-state index in [-0.39, 0.29) is 0 Å². The van der Waals surface area contributed by atoms with Crippen LogP contribution in [0.25, 0.3) is 16.6 Å². The molecule has 0 bridgehead atoms. The van der Waals surface area contributed by atoms with Gasteiger partial charge >= 0.3 is 0 Å². The van der Waals surface area contributed by atoms with E-state index in [2.05, 4.69) is 27.5 Å². The Morgan fingerprint density at radius 3 is 2.67 bits per heavy atom. The van der Waals surface area contributed by atoms with E-state index < -0.39 is 0 Å². The summed E-state index contributed by atoms with van der Waals surface area (Å²) in [6.45, 7) is 4.61. The summed E-state index contributed by atoms with van der Waals surface area (Å²) >= 11 is 6.29. The highest BCUT2D eigenvalue weighted by Gasteiger charge is 2.14. The number of halogens is 1. The van der Waals surface area contributed by atoms with Gasteiger partial charge in [0.25, 0.3) is 0 Å². The average molecular weight is 301 g/mol. The minimum atomic E-state index is 0.713. The molecule has 2 heterocycles. The van der Waals surface area contributed by atoms with Gasteiger partial charge in [0, 0.05) is 11.9 Å². The molecule has 4 nitrogen and oxygen atoms in total. The minimum absolute atomic E-state index is 0.713. The summed E-state index contributed by atoms with van der Waals surface area (Å²) in [5, 5.41) is 9.49. The lowest BCUT2D eigenvalue weighted by Gasteiger charge is -2.11. The molecule has 0 aliphatic carbocycles. The van der Waals surface area contributed by atoms with Crippen LogP contribution in [0.15, 0.2) is 30.3 Å². The fourth-order valence-electron chi connectivity index (χ4n) is 2.52. The van der Waals surface area contributed by atoms with Gasteiger partial charge in [-0.05, 0) is 33.0 Å². The van der Waals surface area contributed by atoms with Crippen LogP contribution in [0.2, 0.25) is 5.02 Å². The van der Waals surface area contributed by atoms with Crippen molar-refractivity contribution in [3.63, 3.8) is 0 Å². The number of hydrogen-bond acceptors (Lipinski definition) is 3. The molecule has 0 fully saturated rings. The Balaban J connectivity index is 2.31. The van der Waals surface area contributed by atoms with E-state index in [0.717, 1.165) is 33.7 Å². The van der Waals surface area contributed by atoms with Gasteiger partial charge < -0.3 is 5.32 Å². The number of benzene rings is 1. The van der Waals surface area contributed by atoms with Crippen molar-refractivity contribution in [3.8, 4) is 5.69 Å². The Morgan fingerprint density at radius 1 is 1.24 bits per heavy atom. The lowest BCUT2D eigenvalue weighted by Crippen LogP contribution is -2.09. The topological polar surface area (TPSA) is 42.7 Å². The molecule has 0 aliphatic rings. The van der Waals surface area contributed by atoms with E-state index in [1.54, 1.807) is 0 Å². The Morgan fingerprint density at radius 2 is 2.00 bits per heavy atom. The van der Waals surface area contributed by atoms with Crippen LogP contribution in [-0.4, -0.2) is 21.8 Å². The number of para-hydroxylation sites is 1. The van der Waals surface area contributed by atoms with Gasteiger partial charge in [-0.25, -0.2) is 4.68 Å². The zero-order valence-corrected chi connectivity index (χ0v) is 13.1. The molecule has 1 N–H and O–H groups in total. The maximum Gasteiger partial charge on any atom is 0.0848 e. The van der Waals surface area contributed by atoms with Crippen LogP contribution in [0.5, 0.6) is 0 Å². The molecule has 5 heteroatoms. The van der Waals surface area contributed by atoms with E-state index in [4.69, 9.17) is 11.6 Å². The monoisotopic (exact) mass is 300 g/mol. The summed E-state index contributed by atoms with van der Waals surface area (Å²) < 4.78 is 1.90. The number of aromatic nitrogens is 3. The zero-order chi connectivity index (χ0) is 15.0. The molecule has 0 atom stereocenters. The first-order valence-corrected chi connectivity index (χ1v) is 7.25. The molecule has 0 spiro atoms. The van der Waals surface area contributed by atoms with Gasteiger partial charge in [-0.1, -0.05) is 29.8 Å². The maximum absolute atomic E-state index is 6.29. The molecule has 21 heavy (non-hydrogen) atoms. The van der Waals surface area contributed by atoms with E-state index in [9.17, 15) is 0 Å². The van der Waals surface area contributed by atoms with Gasteiger partial charge in [0.1, 0.15) is 0 Å². The van der Waals surface area contributed by atoms with Crippen LogP contribution >= 0.6 is 11.6 Å². The second-order valence-corrected chi connectivity index (χ2v) is 5.45. The highest BCUT2D eigenvalue weighted by molar-refractivity contribution is 6.31. The van der Waals surface area contributed by atoms with Gasteiger partial charge in [-0.3, -0.25) is 4.98 Å². The largest absolute Gasteiger partial charge is 0.314 e. The summed E-state index contributed by atoms with van der Waals surface area (Å²) in [5.41, 5.74) is 4.74. The molecule has 0 unspecified atom stereocenters. The molecule has 0 saturated carbocycles. The fourth-order valence-corrected chi connectivity index (χ4v) is 2.63. The number of aryl methyl sites for hydroxylation is 1. The minimum Gasteiger partial charge on any atom is -0.314 e. The highest BCUT2D eigenvalue weighted by Crippen LogP contribution is 2.27. The van der Waals surface area contributed by atoms with E-state index in [1.807, 2.05) is 43.8 Å². The third kappa shape index (κ3) is 2.41. The number of nitrogens with zero attached hydrogens (tertiary/aromatic N) is 3. The predicted molar refractivity (Wildman–Crippen MR) is 86.1 cm³/mol. The Hall–Kier alpha value is -1.91. The van der Waals surface area contributed by atoms with Crippen molar-refractivity contribution in [2.75, 3.05) is 7.05 Å². The third-order valence-electron chi connectivity index (χ3n) is 3.54. The normalized spacial score (nSPS) is 11.2. The van der Waals surface area contributed by atoms with Gasteiger partial charge in [0.05, 0.1) is 33.3 Å². The molecule has 108 valence electrons.